The molecule has 0 aliphatic rings. The van der Waals surface area contributed by atoms with Gasteiger partial charge in [0.1, 0.15) is 5.52 Å². The van der Waals surface area contributed by atoms with Crippen LogP contribution in [0.5, 0.6) is 0 Å². The van der Waals surface area contributed by atoms with Gasteiger partial charge in [-0.1, -0.05) is 0 Å². The summed E-state index contributed by atoms with van der Waals surface area (Å²) in [5.74, 6) is 0. The van der Waals surface area contributed by atoms with Crippen LogP contribution in [0.15, 0.2) is 22.7 Å². The smallest absolute Gasteiger partial charge is 0.297 e. The number of nitrogens with zero attached hydrogens (tertiary/aromatic N) is 2. The predicted octanol–water partition coefficient (Wildman–Crippen LogP) is 0.982. The minimum Gasteiger partial charge on any atom is -0.404 e. The van der Waals surface area contributed by atoms with E-state index in [4.69, 9.17) is 10.2 Å². The zero-order valence-electron chi connectivity index (χ0n) is 7.90. The third-order valence-corrected chi connectivity index (χ3v) is 1.89. The lowest BCUT2D eigenvalue weighted by atomic mass is 10.3. The lowest BCUT2D eigenvalue weighted by Gasteiger charge is -2.07. The molecule has 1 unspecified atom stereocenters. The van der Waals surface area contributed by atoms with Crippen molar-refractivity contribution in [1.29, 1.82) is 0 Å². The minimum atomic E-state index is 0.142. The van der Waals surface area contributed by atoms with Crippen molar-refractivity contribution in [3.63, 3.8) is 0 Å². The molecule has 1 atom stereocenters. The van der Waals surface area contributed by atoms with Crippen molar-refractivity contribution in [2.75, 3.05) is 11.9 Å². The van der Waals surface area contributed by atoms with E-state index in [0.717, 1.165) is 5.52 Å². The second-order valence-electron chi connectivity index (χ2n) is 3.13. The van der Waals surface area contributed by atoms with E-state index in [0.29, 0.717) is 18.3 Å². The SMILES string of the molecule is CC(CN)Nc1nc2cccnc2o1. The molecule has 5 heteroatoms. The Kier molecular flexibility index (Phi) is 2.32. The first-order valence-electron chi connectivity index (χ1n) is 4.48. The Bertz CT molecular complexity index is 392. The number of aromatic nitrogens is 2. The van der Waals surface area contributed by atoms with E-state index < -0.39 is 0 Å². The van der Waals surface area contributed by atoms with Gasteiger partial charge in [-0.2, -0.15) is 4.98 Å². The van der Waals surface area contributed by atoms with Crippen LogP contribution < -0.4 is 11.1 Å². The number of hydrogen-bond donors (Lipinski definition) is 2. The molecule has 3 N–H and O–H groups in total. The van der Waals surface area contributed by atoms with Gasteiger partial charge in [-0.3, -0.25) is 0 Å². The predicted molar refractivity (Wildman–Crippen MR) is 53.9 cm³/mol. The number of nitrogens with one attached hydrogen (secondary N) is 1. The number of oxazole rings is 1. The van der Waals surface area contributed by atoms with Crippen molar-refractivity contribution in [3.05, 3.63) is 18.3 Å². The standard InChI is InChI=1S/C9H12N4O/c1-6(5-10)12-9-13-7-3-2-4-11-8(7)14-9/h2-4,6H,5,10H2,1H3,(H,12,13). The van der Waals surface area contributed by atoms with Gasteiger partial charge in [0.05, 0.1) is 0 Å². The first kappa shape index (κ1) is 8.96. The van der Waals surface area contributed by atoms with Crippen molar-refractivity contribution < 1.29 is 4.42 Å². The van der Waals surface area contributed by atoms with Crippen LogP contribution in [0.2, 0.25) is 0 Å². The topological polar surface area (TPSA) is 77.0 Å². The van der Waals surface area contributed by atoms with Crippen molar-refractivity contribution >= 4 is 17.2 Å². The zero-order chi connectivity index (χ0) is 9.97. The number of pyridine rings is 1. The largest absolute Gasteiger partial charge is 0.404 e. The van der Waals surface area contributed by atoms with Gasteiger partial charge in [0.15, 0.2) is 0 Å². The molecule has 0 saturated carbocycles. The van der Waals surface area contributed by atoms with Gasteiger partial charge in [0.25, 0.3) is 6.01 Å². The molecule has 5 nitrogen and oxygen atoms in total. The molecule has 0 saturated heterocycles. The third kappa shape index (κ3) is 1.67. The van der Waals surface area contributed by atoms with Crippen molar-refractivity contribution in [1.82, 2.24) is 9.97 Å². The highest BCUT2D eigenvalue weighted by atomic mass is 16.4. The summed E-state index contributed by atoms with van der Waals surface area (Å²) in [5.41, 5.74) is 6.76. The fourth-order valence-corrected chi connectivity index (χ4v) is 1.10. The molecule has 2 rings (SSSR count). The van der Waals surface area contributed by atoms with E-state index in [2.05, 4.69) is 15.3 Å². The summed E-state index contributed by atoms with van der Waals surface area (Å²) in [4.78, 5) is 8.24. The van der Waals surface area contributed by atoms with Crippen LogP contribution in [-0.4, -0.2) is 22.6 Å². The van der Waals surface area contributed by atoms with Crippen LogP contribution in [0.1, 0.15) is 6.92 Å². The molecule has 0 aliphatic heterocycles. The molecular formula is C9H12N4O. The van der Waals surface area contributed by atoms with E-state index in [-0.39, 0.29) is 6.04 Å². The summed E-state index contributed by atoms with van der Waals surface area (Å²) in [6.45, 7) is 2.49. The average molecular weight is 192 g/mol. The summed E-state index contributed by atoms with van der Waals surface area (Å²) >= 11 is 0. The fraction of sp³-hybridized carbons (Fsp3) is 0.333. The summed E-state index contributed by atoms with van der Waals surface area (Å²) in [6.07, 6.45) is 1.67. The minimum absolute atomic E-state index is 0.142. The van der Waals surface area contributed by atoms with Gasteiger partial charge in [0, 0.05) is 18.8 Å². The van der Waals surface area contributed by atoms with E-state index in [1.807, 2.05) is 19.1 Å². The van der Waals surface area contributed by atoms with E-state index in [1.165, 1.54) is 0 Å². The second-order valence-corrected chi connectivity index (χ2v) is 3.13. The Hall–Kier alpha value is -1.62. The Morgan fingerprint density at radius 1 is 1.64 bits per heavy atom. The maximum Gasteiger partial charge on any atom is 0.297 e. The van der Waals surface area contributed by atoms with E-state index in [9.17, 15) is 0 Å². The van der Waals surface area contributed by atoms with Gasteiger partial charge in [-0.25, -0.2) is 4.98 Å². The summed E-state index contributed by atoms with van der Waals surface area (Å²) in [5, 5.41) is 3.04. The maximum atomic E-state index is 5.47. The molecule has 74 valence electrons. The summed E-state index contributed by atoms with van der Waals surface area (Å²) < 4.78 is 5.35. The van der Waals surface area contributed by atoms with Gasteiger partial charge >= 0.3 is 0 Å². The lowest BCUT2D eigenvalue weighted by Crippen LogP contribution is -2.25. The van der Waals surface area contributed by atoms with Gasteiger partial charge < -0.3 is 15.5 Å². The lowest BCUT2D eigenvalue weighted by molar-refractivity contribution is 0.591. The zero-order valence-corrected chi connectivity index (χ0v) is 7.90. The van der Waals surface area contributed by atoms with Crippen molar-refractivity contribution in [2.45, 2.75) is 13.0 Å². The van der Waals surface area contributed by atoms with Crippen LogP contribution in [-0.2, 0) is 0 Å². The Labute approximate surface area is 81.3 Å². The van der Waals surface area contributed by atoms with E-state index >= 15 is 0 Å². The number of anilines is 1. The third-order valence-electron chi connectivity index (χ3n) is 1.89. The molecule has 0 radical (unpaired) electrons. The Morgan fingerprint density at radius 2 is 2.50 bits per heavy atom. The normalized spacial score (nSPS) is 13.0. The molecule has 2 aromatic rings. The molecule has 0 spiro atoms. The molecule has 0 fully saturated rings. The van der Waals surface area contributed by atoms with Gasteiger partial charge in [0.2, 0.25) is 5.71 Å². The molecule has 0 amide bonds. The quantitative estimate of drug-likeness (QED) is 0.758. The fourth-order valence-electron chi connectivity index (χ4n) is 1.10. The molecular weight excluding hydrogens is 180 g/mol. The molecule has 0 bridgehead atoms. The van der Waals surface area contributed by atoms with Crippen molar-refractivity contribution in [2.24, 2.45) is 5.73 Å². The molecule has 2 aromatic heterocycles. The van der Waals surface area contributed by atoms with Crippen LogP contribution in [0.25, 0.3) is 11.2 Å². The van der Waals surface area contributed by atoms with Crippen molar-refractivity contribution in [3.8, 4) is 0 Å². The average Bonchev–Trinajstić information content (AvgIpc) is 2.59. The highest BCUT2D eigenvalue weighted by Gasteiger charge is 2.07. The monoisotopic (exact) mass is 192 g/mol. The Balaban J connectivity index is 2.27. The molecule has 2 heterocycles. The molecule has 14 heavy (non-hydrogen) atoms. The maximum absolute atomic E-state index is 5.47. The van der Waals surface area contributed by atoms with Gasteiger partial charge in [-0.15, -0.1) is 0 Å². The van der Waals surface area contributed by atoms with Crippen LogP contribution in [0, 0.1) is 0 Å². The first-order chi connectivity index (χ1) is 6.79. The van der Waals surface area contributed by atoms with Crippen LogP contribution in [0.4, 0.5) is 6.01 Å². The number of fused-ring (bicyclic) bond motifs is 1. The Morgan fingerprint density at radius 3 is 3.21 bits per heavy atom. The van der Waals surface area contributed by atoms with E-state index in [1.54, 1.807) is 6.20 Å². The highest BCUT2D eigenvalue weighted by molar-refractivity contribution is 5.69. The molecule has 0 aromatic carbocycles. The second kappa shape index (κ2) is 3.63. The highest BCUT2D eigenvalue weighted by Crippen LogP contribution is 2.15. The summed E-state index contributed by atoms with van der Waals surface area (Å²) in [6, 6.07) is 4.28. The first-order valence-corrected chi connectivity index (χ1v) is 4.48. The van der Waals surface area contributed by atoms with Crippen LogP contribution in [0.3, 0.4) is 0 Å². The van der Waals surface area contributed by atoms with Gasteiger partial charge in [-0.05, 0) is 19.1 Å². The molecule has 0 aliphatic carbocycles. The van der Waals surface area contributed by atoms with Crippen LogP contribution >= 0.6 is 0 Å². The number of nitrogens with two attached hydrogens (primary N) is 1. The number of rotatable bonds is 3. The number of hydrogen-bond acceptors (Lipinski definition) is 5. The summed E-state index contributed by atoms with van der Waals surface area (Å²) in [7, 11) is 0.